The van der Waals surface area contributed by atoms with E-state index >= 15 is 4.39 Å². The van der Waals surface area contributed by atoms with Crippen molar-refractivity contribution in [2.24, 2.45) is 17.8 Å². The van der Waals surface area contributed by atoms with Crippen molar-refractivity contribution in [2.45, 2.75) is 44.2 Å². The van der Waals surface area contributed by atoms with Gasteiger partial charge >= 0.3 is 5.97 Å². The molecule has 0 unspecified atom stereocenters. The Morgan fingerprint density at radius 2 is 1.41 bits per heavy atom. The van der Waals surface area contributed by atoms with Crippen LogP contribution in [0.3, 0.4) is 0 Å². The molecule has 3 saturated carbocycles. The van der Waals surface area contributed by atoms with Crippen LogP contribution in [-0.4, -0.2) is 43.1 Å². The number of nitrogens with zero attached hydrogens (tertiary/aromatic N) is 5. The molecule has 4 aromatic carbocycles. The second-order valence-electron chi connectivity index (χ2n) is 15.3. The second kappa shape index (κ2) is 14.9. The molecule has 10 heteroatoms. The molecule has 3 aliphatic rings. The summed E-state index contributed by atoms with van der Waals surface area (Å²) < 4.78 is 26.1. The average molecular weight is 785 g/mol. The lowest BCUT2D eigenvalue weighted by molar-refractivity contribution is -0.154. The zero-order valence-corrected chi connectivity index (χ0v) is 32.8. The van der Waals surface area contributed by atoms with E-state index in [0.717, 1.165) is 52.5 Å². The molecule has 2 atom stereocenters. The quantitative estimate of drug-likeness (QED) is 0.109. The van der Waals surface area contributed by atoms with Crippen LogP contribution in [0.4, 0.5) is 10.2 Å². The number of ether oxygens (including phenoxy) is 1. The Bertz CT molecular complexity index is 2620. The normalized spacial score (nSPS) is 19.1. The lowest BCUT2D eigenvalue weighted by atomic mass is 9.61. The van der Waals surface area contributed by atoms with Gasteiger partial charge in [-0.2, -0.15) is 0 Å². The van der Waals surface area contributed by atoms with Crippen molar-refractivity contribution >= 4 is 44.4 Å². The van der Waals surface area contributed by atoms with Gasteiger partial charge in [-0.3, -0.25) is 9.78 Å². The summed E-state index contributed by atoms with van der Waals surface area (Å²) in [7, 11) is 0. The molecular weight excluding hydrogens is 744 g/mol. The monoisotopic (exact) mass is 784 g/mol. The first kappa shape index (κ1) is 36.1. The molecule has 0 amide bonds. The minimum absolute atomic E-state index is 0.0644. The first-order valence-corrected chi connectivity index (χ1v) is 20.9. The first-order chi connectivity index (χ1) is 28.5. The number of nitrogens with one attached hydrogen (secondary N) is 1. The molecule has 0 radical (unpaired) electrons. The Morgan fingerprint density at radius 1 is 0.810 bits per heavy atom. The summed E-state index contributed by atoms with van der Waals surface area (Å²) in [6.45, 7) is 2.12. The van der Waals surface area contributed by atoms with Crippen LogP contribution in [-0.2, 0) is 15.1 Å². The number of fused-ring (bicyclic) bond motifs is 5. The second-order valence-corrected chi connectivity index (χ2v) is 16.4. The third-order valence-electron chi connectivity index (χ3n) is 12.2. The topological polar surface area (TPSA) is 94.8 Å². The van der Waals surface area contributed by atoms with Gasteiger partial charge in [-0.05, 0) is 78.7 Å². The van der Waals surface area contributed by atoms with Gasteiger partial charge < -0.3 is 14.6 Å². The average Bonchev–Trinajstić information content (AvgIpc) is 3.89. The third kappa shape index (κ3) is 5.97. The zero-order chi connectivity index (χ0) is 39.2. The predicted molar refractivity (Wildman–Crippen MR) is 227 cm³/mol. The van der Waals surface area contributed by atoms with Gasteiger partial charge in [0.1, 0.15) is 16.7 Å². The number of thiophene rings is 1. The minimum Gasteiger partial charge on any atom is -0.466 e. The smallest absolute Gasteiger partial charge is 0.311 e. The number of aromatic nitrogens is 5. The number of rotatable bonds is 10. The predicted octanol–water partition coefficient (Wildman–Crippen LogP) is 10.5. The number of carbonyl (C=O) groups is 1. The number of hydrogen-bond donors (Lipinski definition) is 1. The van der Waals surface area contributed by atoms with Gasteiger partial charge in [0.15, 0.2) is 23.1 Å². The Morgan fingerprint density at radius 3 is 2.05 bits per heavy atom. The Hall–Kier alpha value is -6.26. The van der Waals surface area contributed by atoms with Gasteiger partial charge in [0, 0.05) is 29.3 Å². The standard InChI is InChI=1S/C48H41FN6O2S/c1-2-57-47(56)39-30-22-24-31(25-23-30)41(39)52-45-40(49)43(38-28-32-14-12-13-21-37(32)58-38)53-44(54-45)36-29-55(46-42(36)50-26-27-51-46)48(33-15-6-3-7-16-33,34-17-8-4-9-18-34)35-19-10-5-11-20-35/h3-21,26-31,39,41H,2,22-25H2,1H3,(H,52,53,54)/t30?,31?,39-,41-/m0/s1. The fraction of sp³-hybridized carbons (Fsp3) is 0.229. The van der Waals surface area contributed by atoms with Crippen molar-refractivity contribution in [1.82, 2.24) is 24.5 Å². The van der Waals surface area contributed by atoms with Gasteiger partial charge in [-0.1, -0.05) is 109 Å². The molecule has 288 valence electrons. The molecule has 4 aromatic heterocycles. The van der Waals surface area contributed by atoms with E-state index in [9.17, 15) is 4.79 Å². The summed E-state index contributed by atoms with van der Waals surface area (Å²) in [5.74, 6) is -0.460. The van der Waals surface area contributed by atoms with E-state index in [1.54, 1.807) is 12.4 Å². The maximum atomic E-state index is 17.3. The fourth-order valence-electron chi connectivity index (χ4n) is 9.64. The van der Waals surface area contributed by atoms with Gasteiger partial charge in [0.05, 0.1) is 23.0 Å². The van der Waals surface area contributed by atoms with Gasteiger partial charge in [0.25, 0.3) is 0 Å². The van der Waals surface area contributed by atoms with Crippen LogP contribution in [0.25, 0.3) is 43.2 Å². The van der Waals surface area contributed by atoms with E-state index in [1.165, 1.54) is 11.3 Å². The van der Waals surface area contributed by atoms with Crippen LogP contribution in [0.5, 0.6) is 0 Å². The highest BCUT2D eigenvalue weighted by molar-refractivity contribution is 7.22. The summed E-state index contributed by atoms with van der Waals surface area (Å²) in [5.41, 5.74) is 4.15. The number of benzene rings is 4. The molecule has 0 aliphatic heterocycles. The molecule has 1 N–H and O–H groups in total. The van der Waals surface area contributed by atoms with Crippen molar-refractivity contribution in [3.63, 3.8) is 0 Å². The van der Waals surface area contributed by atoms with Crippen LogP contribution < -0.4 is 5.32 Å². The molecule has 2 bridgehead atoms. The Labute approximate surface area is 339 Å². The fourth-order valence-corrected chi connectivity index (χ4v) is 10.7. The summed E-state index contributed by atoms with van der Waals surface area (Å²) in [6, 6.07) is 40.8. The SMILES string of the molecule is CCOC(=O)[C@H]1C2CCC(CC2)[C@@H]1Nc1nc(-c2cn(C(c3ccccc3)(c3ccccc3)c3ccccc3)c3nccnc23)nc(-c2cc3ccccc3s2)c1F. The molecule has 8 nitrogen and oxygen atoms in total. The Kier molecular flexibility index (Phi) is 9.29. The molecule has 0 spiro atoms. The third-order valence-corrected chi connectivity index (χ3v) is 13.3. The molecular formula is C48H41FN6O2S. The van der Waals surface area contributed by atoms with Crippen molar-refractivity contribution in [2.75, 3.05) is 11.9 Å². The van der Waals surface area contributed by atoms with E-state index in [-0.39, 0.29) is 35.4 Å². The molecule has 11 rings (SSSR count). The molecule has 3 aliphatic carbocycles. The summed E-state index contributed by atoms with van der Waals surface area (Å²) >= 11 is 1.49. The maximum absolute atomic E-state index is 17.3. The van der Waals surface area contributed by atoms with E-state index < -0.39 is 17.3 Å². The number of hydrogen-bond acceptors (Lipinski definition) is 8. The van der Waals surface area contributed by atoms with Crippen molar-refractivity contribution < 1.29 is 13.9 Å². The molecule has 3 fully saturated rings. The highest BCUT2D eigenvalue weighted by atomic mass is 32.1. The lowest BCUT2D eigenvalue weighted by Crippen LogP contribution is -2.52. The van der Waals surface area contributed by atoms with E-state index in [2.05, 4.69) is 46.3 Å². The molecule has 58 heavy (non-hydrogen) atoms. The van der Waals surface area contributed by atoms with Gasteiger partial charge in [-0.25, -0.2) is 19.3 Å². The summed E-state index contributed by atoms with van der Waals surface area (Å²) in [6.07, 6.45) is 9.23. The molecule has 4 heterocycles. The van der Waals surface area contributed by atoms with Crippen LogP contribution >= 0.6 is 11.3 Å². The first-order valence-electron chi connectivity index (χ1n) is 20.0. The maximum Gasteiger partial charge on any atom is 0.311 e. The number of carbonyl (C=O) groups excluding carboxylic acids is 1. The molecule has 8 aromatic rings. The molecule has 0 saturated heterocycles. The highest BCUT2D eigenvalue weighted by Gasteiger charge is 2.48. The van der Waals surface area contributed by atoms with Crippen molar-refractivity contribution in [1.29, 1.82) is 0 Å². The van der Waals surface area contributed by atoms with Crippen LogP contribution in [0.1, 0.15) is 49.3 Å². The van der Waals surface area contributed by atoms with E-state index in [4.69, 9.17) is 24.7 Å². The van der Waals surface area contributed by atoms with Gasteiger partial charge in [-0.15, -0.1) is 11.3 Å². The minimum atomic E-state index is -0.903. The highest BCUT2D eigenvalue weighted by Crippen LogP contribution is 2.48. The lowest BCUT2D eigenvalue weighted by Gasteiger charge is -2.47. The number of halogens is 1. The summed E-state index contributed by atoms with van der Waals surface area (Å²) in [5, 5.41) is 4.53. The number of esters is 1. The van der Waals surface area contributed by atoms with Crippen molar-refractivity contribution in [3.05, 3.63) is 162 Å². The zero-order valence-electron chi connectivity index (χ0n) is 32.0. The van der Waals surface area contributed by atoms with Crippen LogP contribution in [0.2, 0.25) is 0 Å². The van der Waals surface area contributed by atoms with E-state index in [1.807, 2.05) is 98.0 Å². The van der Waals surface area contributed by atoms with Crippen LogP contribution in [0, 0.1) is 23.6 Å². The number of anilines is 1. The van der Waals surface area contributed by atoms with Crippen molar-refractivity contribution in [3.8, 4) is 22.0 Å². The summed E-state index contributed by atoms with van der Waals surface area (Å²) in [4.78, 5) is 34.2. The van der Waals surface area contributed by atoms with Crippen LogP contribution in [0.15, 0.2) is 140 Å². The largest absolute Gasteiger partial charge is 0.466 e. The van der Waals surface area contributed by atoms with Gasteiger partial charge in [0.2, 0.25) is 0 Å². The van der Waals surface area contributed by atoms with E-state index in [0.29, 0.717) is 34.0 Å². The Balaban J connectivity index is 1.22.